The molecular formula is C18H19FN2O3S. The molecule has 0 saturated carbocycles. The van der Waals surface area contributed by atoms with E-state index in [1.165, 1.54) is 30.2 Å². The molecule has 1 aliphatic carbocycles. The maximum absolute atomic E-state index is 13.7. The number of carbonyl (C=O) groups is 1. The highest BCUT2D eigenvalue weighted by molar-refractivity contribution is 7.89. The minimum atomic E-state index is -4.12. The van der Waals surface area contributed by atoms with Crippen LogP contribution in [0.4, 0.5) is 10.1 Å². The lowest BCUT2D eigenvalue weighted by atomic mass is 10.1. The Morgan fingerprint density at radius 3 is 2.60 bits per heavy atom. The number of benzene rings is 2. The normalized spacial score (nSPS) is 14.8. The Kier molecular flexibility index (Phi) is 4.87. The van der Waals surface area contributed by atoms with E-state index < -0.39 is 32.7 Å². The predicted octanol–water partition coefficient (Wildman–Crippen LogP) is 2.62. The van der Waals surface area contributed by atoms with Gasteiger partial charge in [0, 0.05) is 5.69 Å². The summed E-state index contributed by atoms with van der Waals surface area (Å²) in [4.78, 5) is 11.8. The van der Waals surface area contributed by atoms with Crippen LogP contribution in [-0.2, 0) is 27.7 Å². The van der Waals surface area contributed by atoms with Gasteiger partial charge in [0.2, 0.25) is 15.9 Å². The Hall–Kier alpha value is -2.25. The highest BCUT2D eigenvalue weighted by atomic mass is 32.2. The molecule has 0 radical (unpaired) electrons. The maximum atomic E-state index is 13.7. The first kappa shape index (κ1) is 17.6. The van der Waals surface area contributed by atoms with Crippen LogP contribution in [0.2, 0.25) is 0 Å². The molecule has 1 aliphatic rings. The molecule has 1 amide bonds. The zero-order chi connectivity index (χ0) is 18.0. The molecule has 3 rings (SSSR count). The third-order valence-electron chi connectivity index (χ3n) is 4.22. The number of rotatable bonds is 5. The van der Waals surface area contributed by atoms with E-state index in [1.54, 1.807) is 6.07 Å². The van der Waals surface area contributed by atoms with E-state index in [0.717, 1.165) is 31.4 Å². The van der Waals surface area contributed by atoms with Gasteiger partial charge in [-0.15, -0.1) is 0 Å². The van der Waals surface area contributed by atoms with E-state index >= 15 is 0 Å². The van der Waals surface area contributed by atoms with Crippen molar-refractivity contribution in [2.45, 2.75) is 37.1 Å². The van der Waals surface area contributed by atoms with Crippen LogP contribution in [0, 0.1) is 5.82 Å². The molecule has 0 bridgehead atoms. The van der Waals surface area contributed by atoms with Crippen molar-refractivity contribution in [3.63, 3.8) is 0 Å². The zero-order valence-corrected chi connectivity index (χ0v) is 14.6. The number of amides is 1. The van der Waals surface area contributed by atoms with E-state index in [2.05, 4.69) is 10.0 Å². The van der Waals surface area contributed by atoms with Crippen molar-refractivity contribution in [3.8, 4) is 0 Å². The number of aryl methyl sites for hydroxylation is 2. The first-order valence-electron chi connectivity index (χ1n) is 8.06. The van der Waals surface area contributed by atoms with Gasteiger partial charge in [-0.3, -0.25) is 4.79 Å². The van der Waals surface area contributed by atoms with Gasteiger partial charge in [0.25, 0.3) is 0 Å². The van der Waals surface area contributed by atoms with Crippen molar-refractivity contribution in [3.05, 3.63) is 59.4 Å². The molecule has 0 aromatic heterocycles. The molecule has 0 unspecified atom stereocenters. The second-order valence-electron chi connectivity index (χ2n) is 6.10. The molecule has 0 saturated heterocycles. The van der Waals surface area contributed by atoms with Gasteiger partial charge in [0.05, 0.1) is 6.04 Å². The number of halogens is 1. The van der Waals surface area contributed by atoms with Gasteiger partial charge in [-0.05, 0) is 61.6 Å². The number of fused-ring (bicyclic) bond motifs is 1. The van der Waals surface area contributed by atoms with Gasteiger partial charge in [-0.25, -0.2) is 12.8 Å². The molecular weight excluding hydrogens is 343 g/mol. The van der Waals surface area contributed by atoms with E-state index in [9.17, 15) is 17.6 Å². The Morgan fingerprint density at radius 1 is 1.12 bits per heavy atom. The Labute approximate surface area is 146 Å². The average Bonchev–Trinajstić information content (AvgIpc) is 3.02. The quantitative estimate of drug-likeness (QED) is 0.859. The minimum absolute atomic E-state index is 0.479. The zero-order valence-electron chi connectivity index (χ0n) is 13.8. The third-order valence-corrected chi connectivity index (χ3v) is 5.79. The SMILES string of the molecule is C[C@@H](NS(=O)(=O)c1ccccc1F)C(=O)Nc1ccc2c(c1)CCC2. The lowest BCUT2D eigenvalue weighted by Gasteiger charge is -2.15. The van der Waals surface area contributed by atoms with Crippen molar-refractivity contribution in [1.29, 1.82) is 0 Å². The van der Waals surface area contributed by atoms with Crippen LogP contribution in [0.3, 0.4) is 0 Å². The lowest BCUT2D eigenvalue weighted by Crippen LogP contribution is -2.41. The van der Waals surface area contributed by atoms with Crippen LogP contribution in [0.25, 0.3) is 0 Å². The predicted molar refractivity (Wildman–Crippen MR) is 93.3 cm³/mol. The molecule has 0 fully saturated rings. The fourth-order valence-corrected chi connectivity index (χ4v) is 4.19. The van der Waals surface area contributed by atoms with E-state index in [0.29, 0.717) is 5.69 Å². The van der Waals surface area contributed by atoms with Crippen LogP contribution >= 0.6 is 0 Å². The molecule has 2 aromatic carbocycles. The van der Waals surface area contributed by atoms with Gasteiger partial charge in [-0.2, -0.15) is 4.72 Å². The highest BCUT2D eigenvalue weighted by Crippen LogP contribution is 2.25. The summed E-state index contributed by atoms with van der Waals surface area (Å²) in [6, 6.07) is 9.69. The number of anilines is 1. The molecule has 7 heteroatoms. The van der Waals surface area contributed by atoms with Crippen molar-refractivity contribution in [1.82, 2.24) is 4.72 Å². The summed E-state index contributed by atoms with van der Waals surface area (Å²) >= 11 is 0. The van der Waals surface area contributed by atoms with Crippen molar-refractivity contribution in [2.24, 2.45) is 0 Å². The molecule has 2 aromatic rings. The van der Waals surface area contributed by atoms with Gasteiger partial charge < -0.3 is 5.32 Å². The van der Waals surface area contributed by atoms with Crippen LogP contribution < -0.4 is 10.0 Å². The number of carbonyl (C=O) groups excluding carboxylic acids is 1. The summed E-state index contributed by atoms with van der Waals surface area (Å²) in [5.41, 5.74) is 3.12. The Morgan fingerprint density at radius 2 is 1.84 bits per heavy atom. The van der Waals surface area contributed by atoms with Crippen molar-refractivity contribution in [2.75, 3.05) is 5.32 Å². The van der Waals surface area contributed by atoms with Gasteiger partial charge in [-0.1, -0.05) is 18.2 Å². The van der Waals surface area contributed by atoms with E-state index in [4.69, 9.17) is 0 Å². The monoisotopic (exact) mass is 362 g/mol. The maximum Gasteiger partial charge on any atom is 0.244 e. The van der Waals surface area contributed by atoms with Gasteiger partial charge >= 0.3 is 0 Å². The molecule has 2 N–H and O–H groups in total. The topological polar surface area (TPSA) is 75.3 Å². The second-order valence-corrected chi connectivity index (χ2v) is 7.78. The Balaban J connectivity index is 1.69. The van der Waals surface area contributed by atoms with Crippen LogP contribution in [0.5, 0.6) is 0 Å². The summed E-state index contributed by atoms with van der Waals surface area (Å²) in [5.74, 6) is -1.36. The minimum Gasteiger partial charge on any atom is -0.325 e. The average molecular weight is 362 g/mol. The van der Waals surface area contributed by atoms with Gasteiger partial charge in [0.1, 0.15) is 10.7 Å². The molecule has 0 spiro atoms. The molecule has 1 atom stereocenters. The van der Waals surface area contributed by atoms with E-state index in [-0.39, 0.29) is 0 Å². The number of hydrogen-bond acceptors (Lipinski definition) is 3. The van der Waals surface area contributed by atoms with Gasteiger partial charge in [0.15, 0.2) is 0 Å². The molecule has 0 aliphatic heterocycles. The van der Waals surface area contributed by atoms with Crippen molar-refractivity contribution < 1.29 is 17.6 Å². The van der Waals surface area contributed by atoms with Crippen LogP contribution in [0.15, 0.2) is 47.4 Å². The summed E-state index contributed by atoms with van der Waals surface area (Å²) in [6.45, 7) is 1.42. The fourth-order valence-electron chi connectivity index (χ4n) is 2.91. The second kappa shape index (κ2) is 6.93. The lowest BCUT2D eigenvalue weighted by molar-refractivity contribution is -0.117. The number of hydrogen-bond donors (Lipinski definition) is 2. The third kappa shape index (κ3) is 3.88. The number of sulfonamides is 1. The van der Waals surface area contributed by atoms with Crippen LogP contribution in [0.1, 0.15) is 24.5 Å². The summed E-state index contributed by atoms with van der Waals surface area (Å²) in [5, 5.41) is 2.70. The summed E-state index contributed by atoms with van der Waals surface area (Å²) in [7, 11) is -4.12. The highest BCUT2D eigenvalue weighted by Gasteiger charge is 2.24. The molecule has 5 nitrogen and oxygen atoms in total. The summed E-state index contributed by atoms with van der Waals surface area (Å²) in [6.07, 6.45) is 3.13. The van der Waals surface area contributed by atoms with E-state index in [1.807, 2.05) is 12.1 Å². The largest absolute Gasteiger partial charge is 0.325 e. The standard InChI is InChI=1S/C18H19FN2O3S/c1-12(21-25(23,24)17-8-3-2-7-16(17)19)18(22)20-15-10-9-13-5-4-6-14(13)11-15/h2-3,7-12,21H,4-6H2,1H3,(H,20,22)/t12-/m1/s1. The molecule has 132 valence electrons. The first-order valence-corrected chi connectivity index (χ1v) is 9.55. The summed E-state index contributed by atoms with van der Waals surface area (Å²) < 4.78 is 40.4. The first-order chi connectivity index (χ1) is 11.9. The Bertz CT molecular complexity index is 912. The fraction of sp³-hybridized carbons (Fsp3) is 0.278. The van der Waals surface area contributed by atoms with Crippen LogP contribution in [-0.4, -0.2) is 20.4 Å². The molecule has 25 heavy (non-hydrogen) atoms. The molecule has 0 heterocycles. The number of nitrogens with one attached hydrogen (secondary N) is 2. The van der Waals surface area contributed by atoms with Crippen molar-refractivity contribution >= 4 is 21.6 Å². The smallest absolute Gasteiger partial charge is 0.244 e.